The molecule has 0 aliphatic heterocycles. The van der Waals surface area contributed by atoms with E-state index in [4.69, 9.17) is 9.47 Å². The molecule has 0 bridgehead atoms. The van der Waals surface area contributed by atoms with E-state index in [1.807, 2.05) is 30.3 Å². The molecule has 7 heteroatoms. The smallest absolute Gasteiger partial charge is 0.345 e. The van der Waals surface area contributed by atoms with Gasteiger partial charge in [-0.05, 0) is 17.7 Å². The number of hydrogen-bond donors (Lipinski definition) is 0. The molecule has 0 unspecified atom stereocenters. The summed E-state index contributed by atoms with van der Waals surface area (Å²) in [6.07, 6.45) is 0. The first kappa shape index (κ1) is 16.3. The molecule has 0 amide bonds. The van der Waals surface area contributed by atoms with Crippen LogP contribution in [0.1, 0.15) is 15.9 Å². The summed E-state index contributed by atoms with van der Waals surface area (Å²) in [5, 5.41) is 11.4. The highest BCUT2D eigenvalue weighted by Gasteiger charge is 2.30. The van der Waals surface area contributed by atoms with Crippen molar-refractivity contribution in [3.8, 4) is 11.5 Å². The van der Waals surface area contributed by atoms with Crippen LogP contribution in [0.25, 0.3) is 0 Å². The van der Waals surface area contributed by atoms with E-state index in [9.17, 15) is 14.9 Å². The lowest BCUT2D eigenvalue weighted by Crippen LogP contribution is -2.09. The fourth-order valence-corrected chi connectivity index (χ4v) is 2.04. The Morgan fingerprint density at radius 3 is 2.39 bits per heavy atom. The zero-order valence-electron chi connectivity index (χ0n) is 12.6. The van der Waals surface area contributed by atoms with Crippen molar-refractivity contribution in [2.24, 2.45) is 0 Å². The molecule has 2 aromatic rings. The van der Waals surface area contributed by atoms with Crippen molar-refractivity contribution in [2.45, 2.75) is 6.61 Å². The quantitative estimate of drug-likeness (QED) is 0.462. The van der Waals surface area contributed by atoms with Crippen molar-refractivity contribution in [3.05, 3.63) is 63.7 Å². The van der Waals surface area contributed by atoms with Gasteiger partial charge in [-0.3, -0.25) is 10.1 Å². The van der Waals surface area contributed by atoms with Gasteiger partial charge in [-0.1, -0.05) is 30.3 Å². The molecule has 120 valence electrons. The second-order valence-corrected chi connectivity index (χ2v) is 4.52. The summed E-state index contributed by atoms with van der Waals surface area (Å²) in [4.78, 5) is 22.5. The van der Waals surface area contributed by atoms with Crippen molar-refractivity contribution in [3.63, 3.8) is 0 Å². The van der Waals surface area contributed by atoms with Gasteiger partial charge in [0.1, 0.15) is 12.2 Å². The number of nitro benzene ring substituents is 1. The van der Waals surface area contributed by atoms with Crippen LogP contribution in [0, 0.1) is 10.1 Å². The van der Waals surface area contributed by atoms with E-state index >= 15 is 0 Å². The zero-order valence-corrected chi connectivity index (χ0v) is 12.6. The molecule has 0 saturated carbocycles. The molecule has 0 N–H and O–H groups in total. The number of rotatable bonds is 6. The molecule has 0 heterocycles. The van der Waals surface area contributed by atoms with Crippen LogP contribution in [0.5, 0.6) is 11.5 Å². The molecule has 0 aliphatic carbocycles. The maximum Gasteiger partial charge on any atom is 0.345 e. The topological polar surface area (TPSA) is 87.9 Å². The molecule has 0 atom stereocenters. The van der Waals surface area contributed by atoms with Crippen LogP contribution in [0.15, 0.2) is 42.5 Å². The van der Waals surface area contributed by atoms with Gasteiger partial charge in [0.25, 0.3) is 0 Å². The Morgan fingerprint density at radius 2 is 1.83 bits per heavy atom. The Morgan fingerprint density at radius 1 is 1.13 bits per heavy atom. The van der Waals surface area contributed by atoms with Crippen LogP contribution < -0.4 is 9.47 Å². The van der Waals surface area contributed by atoms with E-state index in [2.05, 4.69) is 4.74 Å². The summed E-state index contributed by atoms with van der Waals surface area (Å²) in [6.45, 7) is 0.0999. The molecule has 0 aliphatic rings. The molecule has 0 spiro atoms. The number of nitro groups is 1. The third-order valence-corrected chi connectivity index (χ3v) is 3.13. The van der Waals surface area contributed by atoms with Crippen LogP contribution in [-0.2, 0) is 11.3 Å². The van der Waals surface area contributed by atoms with Gasteiger partial charge in [0, 0.05) is 0 Å². The largest absolute Gasteiger partial charge is 0.493 e. The van der Waals surface area contributed by atoms with Gasteiger partial charge in [-0.25, -0.2) is 4.79 Å². The fraction of sp³-hybridized carbons (Fsp3) is 0.188. The average molecular weight is 317 g/mol. The molecule has 0 radical (unpaired) electrons. The van der Waals surface area contributed by atoms with Crippen molar-refractivity contribution in [1.29, 1.82) is 0 Å². The molecule has 2 rings (SSSR count). The predicted molar refractivity (Wildman–Crippen MR) is 81.8 cm³/mol. The summed E-state index contributed by atoms with van der Waals surface area (Å²) in [5.41, 5.74) is 0.154. The first-order chi connectivity index (χ1) is 11.1. The summed E-state index contributed by atoms with van der Waals surface area (Å²) >= 11 is 0. The summed E-state index contributed by atoms with van der Waals surface area (Å²) in [5.74, 6) is -0.756. The van der Waals surface area contributed by atoms with E-state index in [1.165, 1.54) is 19.2 Å². The molecule has 0 aromatic heterocycles. The number of ether oxygens (including phenoxy) is 3. The van der Waals surface area contributed by atoms with E-state index in [-0.39, 0.29) is 23.7 Å². The van der Waals surface area contributed by atoms with E-state index in [1.54, 1.807) is 0 Å². The van der Waals surface area contributed by atoms with Gasteiger partial charge < -0.3 is 14.2 Å². The molecule has 7 nitrogen and oxygen atoms in total. The molecule has 23 heavy (non-hydrogen) atoms. The lowest BCUT2D eigenvalue weighted by atomic mass is 10.1. The minimum Gasteiger partial charge on any atom is -0.493 e. The van der Waals surface area contributed by atoms with Crippen LogP contribution >= 0.6 is 0 Å². The maximum atomic E-state index is 11.7. The van der Waals surface area contributed by atoms with Crippen molar-refractivity contribution < 1.29 is 23.9 Å². The minimum atomic E-state index is -0.816. The Labute approximate surface area is 132 Å². The maximum absolute atomic E-state index is 11.7. The number of hydrogen-bond acceptors (Lipinski definition) is 6. The lowest BCUT2D eigenvalue weighted by molar-refractivity contribution is -0.386. The number of carbonyl (C=O) groups is 1. The summed E-state index contributed by atoms with van der Waals surface area (Å²) in [6, 6.07) is 11.9. The molecular formula is C16H15NO6. The highest BCUT2D eigenvalue weighted by molar-refractivity contribution is 5.95. The number of esters is 1. The van der Waals surface area contributed by atoms with Gasteiger partial charge >= 0.3 is 11.7 Å². The van der Waals surface area contributed by atoms with Crippen molar-refractivity contribution >= 4 is 11.7 Å². The van der Waals surface area contributed by atoms with Crippen molar-refractivity contribution in [1.82, 2.24) is 0 Å². The molecule has 0 saturated heterocycles. The molecule has 0 fully saturated rings. The Balaban J connectivity index is 2.45. The van der Waals surface area contributed by atoms with E-state index in [0.29, 0.717) is 0 Å². The monoisotopic (exact) mass is 317 g/mol. The second-order valence-electron chi connectivity index (χ2n) is 4.52. The van der Waals surface area contributed by atoms with Crippen LogP contribution in [0.3, 0.4) is 0 Å². The summed E-state index contributed by atoms with van der Waals surface area (Å²) in [7, 11) is 2.52. The fourth-order valence-electron chi connectivity index (χ4n) is 2.04. The Kier molecular flexibility index (Phi) is 5.14. The third-order valence-electron chi connectivity index (χ3n) is 3.13. The van der Waals surface area contributed by atoms with Crippen LogP contribution in [0.2, 0.25) is 0 Å². The van der Waals surface area contributed by atoms with Gasteiger partial charge in [0.2, 0.25) is 5.75 Å². The van der Waals surface area contributed by atoms with Gasteiger partial charge in [-0.15, -0.1) is 0 Å². The number of carbonyl (C=O) groups excluding carboxylic acids is 1. The number of benzene rings is 2. The number of nitrogens with zero attached hydrogens (tertiary/aromatic N) is 1. The number of methoxy groups -OCH3 is 2. The molecule has 2 aromatic carbocycles. The van der Waals surface area contributed by atoms with E-state index in [0.717, 1.165) is 12.7 Å². The van der Waals surface area contributed by atoms with Gasteiger partial charge in [0.15, 0.2) is 5.75 Å². The second kappa shape index (κ2) is 7.26. The van der Waals surface area contributed by atoms with Gasteiger partial charge in [-0.2, -0.15) is 0 Å². The van der Waals surface area contributed by atoms with Crippen LogP contribution in [0.4, 0.5) is 5.69 Å². The lowest BCUT2D eigenvalue weighted by Gasteiger charge is -2.12. The zero-order chi connectivity index (χ0) is 16.8. The first-order valence-electron chi connectivity index (χ1n) is 6.69. The highest BCUT2D eigenvalue weighted by atomic mass is 16.6. The summed E-state index contributed by atoms with van der Waals surface area (Å²) < 4.78 is 15.3. The normalized spacial score (nSPS) is 10.0. The van der Waals surface area contributed by atoms with E-state index < -0.39 is 16.6 Å². The van der Waals surface area contributed by atoms with Crippen LogP contribution in [-0.4, -0.2) is 25.1 Å². The predicted octanol–water partition coefficient (Wildman–Crippen LogP) is 2.97. The average Bonchev–Trinajstić information content (AvgIpc) is 2.58. The Hall–Kier alpha value is -3.09. The minimum absolute atomic E-state index is 0.0999. The van der Waals surface area contributed by atoms with Crippen molar-refractivity contribution in [2.75, 3.05) is 14.2 Å². The first-order valence-corrected chi connectivity index (χ1v) is 6.69. The van der Waals surface area contributed by atoms with Gasteiger partial charge in [0.05, 0.1) is 19.1 Å². The SMILES string of the molecule is COC(=O)c1ccc(OC)c(OCc2ccccc2)c1[N+](=O)[O-]. The third kappa shape index (κ3) is 3.57. The molecular weight excluding hydrogens is 302 g/mol. The highest BCUT2D eigenvalue weighted by Crippen LogP contribution is 2.40. The Bertz CT molecular complexity index is 714. The standard InChI is InChI=1S/C16H15NO6/c1-21-13-9-8-12(16(18)22-2)14(17(19)20)15(13)23-10-11-6-4-3-5-7-11/h3-9H,10H2,1-2H3.